The van der Waals surface area contributed by atoms with Gasteiger partial charge in [-0.3, -0.25) is 4.79 Å². The van der Waals surface area contributed by atoms with E-state index in [0.717, 1.165) is 36.0 Å². The Kier molecular flexibility index (Phi) is 5.24. The zero-order chi connectivity index (χ0) is 19.3. The summed E-state index contributed by atoms with van der Waals surface area (Å²) < 4.78 is 5.89. The number of hydrogen-bond donors (Lipinski definition) is 1. The van der Waals surface area contributed by atoms with Gasteiger partial charge in [-0.2, -0.15) is 10.2 Å². The molecule has 0 saturated carbocycles. The lowest BCUT2D eigenvalue weighted by atomic mass is 10.1. The maximum atomic E-state index is 12.3. The van der Waals surface area contributed by atoms with Gasteiger partial charge in [0.2, 0.25) is 5.91 Å². The van der Waals surface area contributed by atoms with Gasteiger partial charge >= 0.3 is 0 Å². The third-order valence-electron chi connectivity index (χ3n) is 5.16. The van der Waals surface area contributed by atoms with Crippen LogP contribution in [0, 0.1) is 11.3 Å². The summed E-state index contributed by atoms with van der Waals surface area (Å²) in [4.78, 5) is 19.0. The maximum Gasteiger partial charge on any atom is 0.298 e. The summed E-state index contributed by atoms with van der Waals surface area (Å²) in [6.45, 7) is 1.48. The number of anilines is 1. The molecule has 1 aromatic heterocycles. The SMILES string of the molecule is N#Cc1ccc(CCC(=O)NC[C@@H]2CCCN2c2nc3ccccc3o2)cc1. The molecule has 1 aliphatic heterocycles. The van der Waals surface area contributed by atoms with Crippen LogP contribution in [0.25, 0.3) is 11.1 Å². The predicted octanol–water partition coefficient (Wildman–Crippen LogP) is 3.42. The number of benzene rings is 2. The standard InChI is InChI=1S/C22H22N4O2/c23-14-17-9-7-16(8-10-17)11-12-21(27)24-15-18-4-3-13-26(18)22-25-19-5-1-2-6-20(19)28-22/h1-2,5-10,18H,3-4,11-13,15H2,(H,24,27)/t18-/m0/s1. The summed E-state index contributed by atoms with van der Waals surface area (Å²) in [5.74, 6) is 0.0359. The number of hydrogen-bond acceptors (Lipinski definition) is 5. The molecule has 1 atom stereocenters. The van der Waals surface area contributed by atoms with Crippen LogP contribution in [0.3, 0.4) is 0 Å². The third kappa shape index (κ3) is 3.99. The minimum atomic E-state index is 0.0359. The van der Waals surface area contributed by atoms with Gasteiger partial charge in [0.1, 0.15) is 5.52 Å². The predicted molar refractivity (Wildman–Crippen MR) is 107 cm³/mol. The fraction of sp³-hybridized carbons (Fsp3) is 0.318. The number of fused-ring (bicyclic) bond motifs is 1. The van der Waals surface area contributed by atoms with Gasteiger partial charge < -0.3 is 14.6 Å². The summed E-state index contributed by atoms with van der Waals surface area (Å²) in [7, 11) is 0. The van der Waals surface area contributed by atoms with Crippen molar-refractivity contribution in [2.45, 2.75) is 31.7 Å². The summed E-state index contributed by atoms with van der Waals surface area (Å²) in [5.41, 5.74) is 3.33. The van der Waals surface area contributed by atoms with E-state index in [2.05, 4.69) is 21.3 Å². The lowest BCUT2D eigenvalue weighted by Crippen LogP contribution is -2.40. The van der Waals surface area contributed by atoms with E-state index >= 15 is 0 Å². The van der Waals surface area contributed by atoms with E-state index in [1.54, 1.807) is 12.1 Å². The maximum absolute atomic E-state index is 12.3. The van der Waals surface area contributed by atoms with Crippen molar-refractivity contribution in [3.8, 4) is 6.07 Å². The molecule has 1 amide bonds. The molecule has 0 radical (unpaired) electrons. The van der Waals surface area contributed by atoms with Crippen LogP contribution in [0.15, 0.2) is 52.9 Å². The number of nitrogens with zero attached hydrogens (tertiary/aromatic N) is 3. The molecule has 1 fully saturated rings. The van der Waals surface area contributed by atoms with E-state index in [-0.39, 0.29) is 11.9 Å². The van der Waals surface area contributed by atoms with Crippen LogP contribution in [0.1, 0.15) is 30.4 Å². The molecule has 6 heteroatoms. The van der Waals surface area contributed by atoms with Gasteiger partial charge in [0.15, 0.2) is 5.58 Å². The van der Waals surface area contributed by atoms with Gasteiger partial charge in [0.25, 0.3) is 6.01 Å². The average Bonchev–Trinajstić information content (AvgIpc) is 3.37. The Hall–Kier alpha value is -3.33. The highest BCUT2D eigenvalue weighted by molar-refractivity contribution is 5.76. The zero-order valence-corrected chi connectivity index (χ0v) is 15.6. The number of carbonyl (C=O) groups excluding carboxylic acids is 1. The Labute approximate surface area is 163 Å². The first-order valence-electron chi connectivity index (χ1n) is 9.61. The summed E-state index contributed by atoms with van der Waals surface area (Å²) >= 11 is 0. The molecular weight excluding hydrogens is 352 g/mol. The van der Waals surface area contributed by atoms with Crippen molar-refractivity contribution in [3.05, 3.63) is 59.7 Å². The molecule has 28 heavy (non-hydrogen) atoms. The quantitative estimate of drug-likeness (QED) is 0.715. The second kappa shape index (κ2) is 8.13. The van der Waals surface area contributed by atoms with Gasteiger partial charge in [0, 0.05) is 19.5 Å². The fourth-order valence-corrected chi connectivity index (χ4v) is 3.61. The van der Waals surface area contributed by atoms with E-state index < -0.39 is 0 Å². The molecule has 1 aliphatic rings. The zero-order valence-electron chi connectivity index (χ0n) is 15.6. The molecular formula is C22H22N4O2. The molecule has 0 spiro atoms. The molecule has 4 rings (SSSR count). The van der Waals surface area contributed by atoms with Crippen LogP contribution in [0.5, 0.6) is 0 Å². The molecule has 1 N–H and O–H groups in total. The second-order valence-electron chi connectivity index (χ2n) is 7.07. The Bertz CT molecular complexity index is 970. The Morgan fingerprint density at radius 3 is 2.86 bits per heavy atom. The summed E-state index contributed by atoms with van der Waals surface area (Å²) in [6, 6.07) is 18.0. The van der Waals surface area contributed by atoms with Crippen LogP contribution in [0.2, 0.25) is 0 Å². The summed E-state index contributed by atoms with van der Waals surface area (Å²) in [6.07, 6.45) is 3.16. The lowest BCUT2D eigenvalue weighted by Gasteiger charge is -2.23. The minimum absolute atomic E-state index is 0.0359. The van der Waals surface area contributed by atoms with E-state index in [9.17, 15) is 4.79 Å². The monoisotopic (exact) mass is 374 g/mol. The first-order valence-corrected chi connectivity index (χ1v) is 9.61. The molecule has 0 aliphatic carbocycles. The van der Waals surface area contributed by atoms with Crippen LogP contribution in [-0.4, -0.2) is 30.0 Å². The van der Waals surface area contributed by atoms with E-state index in [1.165, 1.54) is 0 Å². The molecule has 1 saturated heterocycles. The Morgan fingerprint density at radius 1 is 1.25 bits per heavy atom. The third-order valence-corrected chi connectivity index (χ3v) is 5.16. The highest BCUT2D eigenvalue weighted by Gasteiger charge is 2.28. The van der Waals surface area contributed by atoms with Gasteiger partial charge in [0.05, 0.1) is 17.7 Å². The van der Waals surface area contributed by atoms with Crippen molar-refractivity contribution in [3.63, 3.8) is 0 Å². The Balaban J connectivity index is 1.30. The van der Waals surface area contributed by atoms with Crippen LogP contribution in [0.4, 0.5) is 6.01 Å². The minimum Gasteiger partial charge on any atom is -0.423 e. The summed E-state index contributed by atoms with van der Waals surface area (Å²) in [5, 5.41) is 11.9. The number of aryl methyl sites for hydroxylation is 1. The van der Waals surface area contributed by atoms with Crippen LogP contribution < -0.4 is 10.2 Å². The average molecular weight is 374 g/mol. The molecule has 3 aromatic rings. The van der Waals surface area contributed by atoms with Crippen molar-refractivity contribution in [2.24, 2.45) is 0 Å². The van der Waals surface area contributed by atoms with E-state index in [1.807, 2.05) is 36.4 Å². The fourth-order valence-electron chi connectivity index (χ4n) is 3.61. The van der Waals surface area contributed by atoms with E-state index in [0.29, 0.717) is 31.0 Å². The smallest absolute Gasteiger partial charge is 0.298 e. The second-order valence-corrected chi connectivity index (χ2v) is 7.07. The number of nitrogens with one attached hydrogen (secondary N) is 1. The van der Waals surface area contributed by atoms with Crippen molar-refractivity contribution < 1.29 is 9.21 Å². The number of rotatable bonds is 6. The van der Waals surface area contributed by atoms with E-state index in [4.69, 9.17) is 9.68 Å². The molecule has 2 aromatic carbocycles. The van der Waals surface area contributed by atoms with Gasteiger partial charge in [-0.1, -0.05) is 24.3 Å². The Morgan fingerprint density at radius 2 is 2.07 bits per heavy atom. The largest absolute Gasteiger partial charge is 0.423 e. The van der Waals surface area contributed by atoms with Crippen molar-refractivity contribution in [1.29, 1.82) is 5.26 Å². The topological polar surface area (TPSA) is 82.2 Å². The number of amides is 1. The number of nitriles is 1. The van der Waals surface area contributed by atoms with Crippen molar-refractivity contribution >= 4 is 23.0 Å². The lowest BCUT2D eigenvalue weighted by molar-refractivity contribution is -0.121. The molecule has 142 valence electrons. The van der Waals surface area contributed by atoms with Crippen LogP contribution in [-0.2, 0) is 11.2 Å². The number of para-hydroxylation sites is 2. The highest BCUT2D eigenvalue weighted by atomic mass is 16.4. The van der Waals surface area contributed by atoms with Crippen molar-refractivity contribution in [2.75, 3.05) is 18.0 Å². The first-order chi connectivity index (χ1) is 13.7. The number of aromatic nitrogens is 1. The molecule has 0 bridgehead atoms. The van der Waals surface area contributed by atoms with Gasteiger partial charge in [-0.25, -0.2) is 0 Å². The number of oxazole rings is 1. The molecule has 2 heterocycles. The van der Waals surface area contributed by atoms with Crippen molar-refractivity contribution in [1.82, 2.24) is 10.3 Å². The van der Waals surface area contributed by atoms with Crippen LogP contribution >= 0.6 is 0 Å². The van der Waals surface area contributed by atoms with Gasteiger partial charge in [-0.05, 0) is 49.1 Å². The molecule has 0 unspecified atom stereocenters. The first kappa shape index (κ1) is 18.1. The molecule has 6 nitrogen and oxygen atoms in total. The highest BCUT2D eigenvalue weighted by Crippen LogP contribution is 2.28. The van der Waals surface area contributed by atoms with Gasteiger partial charge in [-0.15, -0.1) is 0 Å². The number of carbonyl (C=O) groups is 1. The normalized spacial score (nSPS) is 16.2.